The molecule has 0 bridgehead atoms. The number of phenolic OH excluding ortho intramolecular Hbond substituents is 1. The molecule has 8 heteroatoms. The summed E-state index contributed by atoms with van der Waals surface area (Å²) in [4.78, 5) is 25.2. The Balaban J connectivity index is 1.74. The number of hydrazine groups is 1. The Bertz CT molecular complexity index is 892. The Morgan fingerprint density at radius 3 is 2.46 bits per heavy atom. The normalized spacial score (nSPS) is 15.4. The molecule has 0 atom stereocenters. The smallest absolute Gasteiger partial charge is 0.285 e. The Hall–Kier alpha value is -2.84. The van der Waals surface area contributed by atoms with Gasteiger partial charge in [0, 0.05) is 5.56 Å². The Morgan fingerprint density at radius 1 is 1.19 bits per heavy atom. The minimum Gasteiger partial charge on any atom is -0.508 e. The number of carbonyl (C=O) groups is 2. The number of carbonyl (C=O) groups excluding carboxylic acids is 2. The van der Waals surface area contributed by atoms with Crippen LogP contribution in [0.5, 0.6) is 11.5 Å². The second-order valence-corrected chi connectivity index (χ2v) is 6.95. The first-order chi connectivity index (χ1) is 12.5. The van der Waals surface area contributed by atoms with Gasteiger partial charge in [-0.2, -0.15) is 5.01 Å². The van der Waals surface area contributed by atoms with Crippen LogP contribution in [-0.2, 0) is 4.79 Å². The van der Waals surface area contributed by atoms with Crippen LogP contribution >= 0.6 is 24.0 Å². The van der Waals surface area contributed by atoms with Crippen LogP contribution in [0.25, 0.3) is 6.08 Å². The van der Waals surface area contributed by atoms with Crippen LogP contribution < -0.4 is 10.2 Å². The highest BCUT2D eigenvalue weighted by atomic mass is 32.2. The molecule has 26 heavy (non-hydrogen) atoms. The molecule has 2 amide bonds. The molecule has 0 saturated carbocycles. The van der Waals surface area contributed by atoms with E-state index in [2.05, 4.69) is 5.43 Å². The van der Waals surface area contributed by atoms with E-state index < -0.39 is 11.8 Å². The van der Waals surface area contributed by atoms with Gasteiger partial charge in [-0.3, -0.25) is 15.0 Å². The Morgan fingerprint density at radius 2 is 1.85 bits per heavy atom. The van der Waals surface area contributed by atoms with Crippen LogP contribution in [0, 0.1) is 0 Å². The largest absolute Gasteiger partial charge is 0.508 e. The maximum atomic E-state index is 12.5. The first-order valence-electron chi connectivity index (χ1n) is 7.50. The van der Waals surface area contributed by atoms with Crippen LogP contribution in [0.2, 0.25) is 0 Å². The minimum absolute atomic E-state index is 0.140. The molecular formula is C18H14N2O4S2. The second-order valence-electron chi connectivity index (χ2n) is 5.28. The predicted octanol–water partition coefficient (Wildman–Crippen LogP) is 2.95. The van der Waals surface area contributed by atoms with E-state index >= 15 is 0 Å². The summed E-state index contributed by atoms with van der Waals surface area (Å²) in [6, 6.07) is 12.9. The van der Waals surface area contributed by atoms with Crippen molar-refractivity contribution in [1.82, 2.24) is 10.4 Å². The van der Waals surface area contributed by atoms with Gasteiger partial charge in [0.1, 0.15) is 11.5 Å². The van der Waals surface area contributed by atoms with Crippen molar-refractivity contribution in [1.29, 1.82) is 0 Å². The van der Waals surface area contributed by atoms with E-state index in [1.807, 2.05) is 0 Å². The fraction of sp³-hybridized carbons (Fsp3) is 0.0556. The highest BCUT2D eigenvalue weighted by Gasteiger charge is 2.33. The molecule has 0 spiro atoms. The molecule has 0 unspecified atom stereocenters. The van der Waals surface area contributed by atoms with Crippen LogP contribution in [-0.4, -0.2) is 33.4 Å². The van der Waals surface area contributed by atoms with Crippen molar-refractivity contribution in [3.63, 3.8) is 0 Å². The number of thioether (sulfide) groups is 1. The van der Waals surface area contributed by atoms with Gasteiger partial charge in [-0.15, -0.1) is 0 Å². The Kier molecular flexibility index (Phi) is 5.24. The lowest BCUT2D eigenvalue weighted by molar-refractivity contribution is -0.123. The molecule has 2 aromatic rings. The summed E-state index contributed by atoms with van der Waals surface area (Å²) in [5.74, 6) is -0.0878. The zero-order valence-corrected chi connectivity index (χ0v) is 15.3. The lowest BCUT2D eigenvalue weighted by atomic mass is 10.2. The van der Waals surface area contributed by atoms with Gasteiger partial charge in [0.05, 0.1) is 12.0 Å². The number of hydrogen-bond acceptors (Lipinski definition) is 6. The van der Waals surface area contributed by atoms with Gasteiger partial charge < -0.3 is 9.84 Å². The number of amides is 2. The SMILES string of the molecule is COc1ccc(C(=O)NN2C(=O)/C(=C\c3ccc(O)cc3)SC2=S)cc1. The molecule has 3 rings (SSSR count). The average Bonchev–Trinajstić information content (AvgIpc) is 2.91. The molecule has 0 aromatic heterocycles. The third kappa shape index (κ3) is 3.87. The Labute approximate surface area is 159 Å². The fourth-order valence-electron chi connectivity index (χ4n) is 2.19. The number of nitrogens with zero attached hydrogens (tertiary/aromatic N) is 1. The molecule has 2 N–H and O–H groups in total. The van der Waals surface area contributed by atoms with Gasteiger partial charge >= 0.3 is 0 Å². The molecule has 0 aliphatic carbocycles. The summed E-state index contributed by atoms with van der Waals surface area (Å²) in [6.45, 7) is 0. The lowest BCUT2D eigenvalue weighted by Crippen LogP contribution is -2.44. The van der Waals surface area contributed by atoms with Gasteiger partial charge in [-0.25, -0.2) is 0 Å². The number of phenols is 1. The number of hydrogen-bond donors (Lipinski definition) is 2. The quantitative estimate of drug-likeness (QED) is 0.621. The summed E-state index contributed by atoms with van der Waals surface area (Å²) >= 11 is 6.29. The van der Waals surface area contributed by atoms with E-state index in [1.165, 1.54) is 19.2 Å². The van der Waals surface area contributed by atoms with Crippen LogP contribution in [0.1, 0.15) is 15.9 Å². The first-order valence-corrected chi connectivity index (χ1v) is 8.72. The predicted molar refractivity (Wildman–Crippen MR) is 104 cm³/mol. The topological polar surface area (TPSA) is 78.9 Å². The first kappa shape index (κ1) is 18.0. The highest BCUT2D eigenvalue weighted by Crippen LogP contribution is 2.31. The van der Waals surface area contributed by atoms with Crippen molar-refractivity contribution >= 4 is 46.2 Å². The maximum absolute atomic E-state index is 12.5. The molecular weight excluding hydrogens is 372 g/mol. The molecule has 2 aromatic carbocycles. The molecule has 0 radical (unpaired) electrons. The van der Waals surface area contributed by atoms with Crippen molar-refractivity contribution in [2.24, 2.45) is 0 Å². The molecule has 1 heterocycles. The second kappa shape index (κ2) is 7.59. The molecule has 1 aliphatic rings. The number of aromatic hydroxyl groups is 1. The lowest BCUT2D eigenvalue weighted by Gasteiger charge is -2.15. The van der Waals surface area contributed by atoms with Gasteiger partial charge in [-0.1, -0.05) is 23.9 Å². The van der Waals surface area contributed by atoms with Gasteiger partial charge in [0.2, 0.25) is 0 Å². The van der Waals surface area contributed by atoms with E-state index in [0.717, 1.165) is 22.3 Å². The van der Waals surface area contributed by atoms with Crippen LogP contribution in [0.3, 0.4) is 0 Å². The number of rotatable bonds is 4. The minimum atomic E-state index is -0.449. The third-order valence-electron chi connectivity index (χ3n) is 3.55. The number of thiocarbonyl (C=S) groups is 1. The van der Waals surface area contributed by atoms with Gasteiger partial charge in [0.25, 0.3) is 11.8 Å². The van der Waals surface area contributed by atoms with Crippen molar-refractivity contribution in [3.8, 4) is 11.5 Å². The van der Waals surface area contributed by atoms with E-state index in [0.29, 0.717) is 16.2 Å². The zero-order valence-electron chi connectivity index (χ0n) is 13.6. The van der Waals surface area contributed by atoms with Crippen molar-refractivity contribution in [2.75, 3.05) is 7.11 Å². The molecule has 132 valence electrons. The average molecular weight is 386 g/mol. The van der Waals surface area contributed by atoms with E-state index in [-0.39, 0.29) is 10.1 Å². The molecule has 1 fully saturated rings. The number of ether oxygens (including phenoxy) is 1. The van der Waals surface area contributed by atoms with Crippen molar-refractivity contribution < 1.29 is 19.4 Å². The maximum Gasteiger partial charge on any atom is 0.285 e. The summed E-state index contributed by atoms with van der Waals surface area (Å²) in [7, 11) is 1.54. The third-order valence-corrected chi connectivity index (χ3v) is 4.85. The van der Waals surface area contributed by atoms with Crippen LogP contribution in [0.15, 0.2) is 53.4 Å². The summed E-state index contributed by atoms with van der Waals surface area (Å²) < 4.78 is 5.29. The monoisotopic (exact) mass is 386 g/mol. The van der Waals surface area contributed by atoms with Gasteiger partial charge in [-0.05, 0) is 60.3 Å². The molecule has 6 nitrogen and oxygen atoms in total. The van der Waals surface area contributed by atoms with E-state index in [1.54, 1.807) is 42.5 Å². The molecule has 1 saturated heterocycles. The highest BCUT2D eigenvalue weighted by molar-refractivity contribution is 8.26. The standard InChI is InChI=1S/C18H14N2O4S2/c1-24-14-8-4-12(5-9-14)16(22)19-20-17(23)15(26-18(20)25)10-11-2-6-13(21)7-3-11/h2-10,21H,1H3,(H,19,22)/b15-10+. The summed E-state index contributed by atoms with van der Waals surface area (Å²) in [6.07, 6.45) is 1.65. The van der Waals surface area contributed by atoms with Crippen molar-refractivity contribution in [3.05, 3.63) is 64.6 Å². The van der Waals surface area contributed by atoms with Crippen LogP contribution in [0.4, 0.5) is 0 Å². The van der Waals surface area contributed by atoms with Gasteiger partial charge in [0.15, 0.2) is 4.32 Å². The van der Waals surface area contributed by atoms with Crippen molar-refractivity contribution in [2.45, 2.75) is 0 Å². The number of nitrogens with one attached hydrogen (secondary N) is 1. The molecule has 1 aliphatic heterocycles. The summed E-state index contributed by atoms with van der Waals surface area (Å²) in [5.41, 5.74) is 3.64. The summed E-state index contributed by atoms with van der Waals surface area (Å²) in [5, 5.41) is 10.4. The number of methoxy groups -OCH3 is 1. The van der Waals surface area contributed by atoms with E-state index in [4.69, 9.17) is 17.0 Å². The zero-order chi connectivity index (χ0) is 18.7. The number of benzene rings is 2. The van der Waals surface area contributed by atoms with E-state index in [9.17, 15) is 14.7 Å². The fourth-order valence-corrected chi connectivity index (χ4v) is 3.37.